The van der Waals surface area contributed by atoms with Crippen molar-refractivity contribution in [3.8, 4) is 0 Å². The number of carbonyl (C=O) groups excluding carboxylic acids is 1. The predicted molar refractivity (Wildman–Crippen MR) is 93.2 cm³/mol. The molecule has 1 aromatic carbocycles. The summed E-state index contributed by atoms with van der Waals surface area (Å²) in [5.41, 5.74) is 7.60. The molecule has 0 aliphatic rings. The summed E-state index contributed by atoms with van der Waals surface area (Å²) in [6.07, 6.45) is 4.57. The maximum absolute atomic E-state index is 11.9. The van der Waals surface area contributed by atoms with Crippen LogP contribution in [0.5, 0.6) is 0 Å². The van der Waals surface area contributed by atoms with Crippen LogP contribution >= 0.6 is 12.4 Å². The second kappa shape index (κ2) is 9.82. The maximum atomic E-state index is 11.9. The quantitative estimate of drug-likeness (QED) is 0.753. The van der Waals surface area contributed by atoms with E-state index in [9.17, 15) is 13.2 Å². The Kier molecular flexibility index (Phi) is 9.32. The average Bonchev–Trinajstić information content (AvgIpc) is 2.43. The molecule has 1 rings (SSSR count). The largest absolute Gasteiger partial charge is 0.325 e. The van der Waals surface area contributed by atoms with Gasteiger partial charge in [-0.05, 0) is 37.0 Å². The zero-order valence-electron chi connectivity index (χ0n) is 13.0. The molecular weight excluding hydrogens is 324 g/mol. The van der Waals surface area contributed by atoms with Crippen LogP contribution in [0.3, 0.4) is 0 Å². The van der Waals surface area contributed by atoms with Crippen molar-refractivity contribution in [2.45, 2.75) is 38.6 Å². The first-order chi connectivity index (χ1) is 9.81. The molecule has 3 N–H and O–H groups in total. The van der Waals surface area contributed by atoms with Gasteiger partial charge in [-0.15, -0.1) is 12.4 Å². The second-order valence-corrected chi connectivity index (χ2v) is 7.57. The van der Waals surface area contributed by atoms with Crippen molar-refractivity contribution in [2.24, 2.45) is 5.73 Å². The number of sulfone groups is 1. The lowest BCUT2D eigenvalue weighted by Crippen LogP contribution is -2.37. The van der Waals surface area contributed by atoms with E-state index in [1.807, 2.05) is 24.3 Å². The first kappa shape index (κ1) is 20.9. The second-order valence-electron chi connectivity index (χ2n) is 5.31. The van der Waals surface area contributed by atoms with Crippen LogP contribution in [-0.2, 0) is 21.1 Å². The van der Waals surface area contributed by atoms with Gasteiger partial charge < -0.3 is 11.1 Å². The van der Waals surface area contributed by atoms with Gasteiger partial charge in [0.05, 0.1) is 11.8 Å². The van der Waals surface area contributed by atoms with Crippen molar-refractivity contribution in [1.82, 2.24) is 0 Å². The Labute approximate surface area is 139 Å². The highest BCUT2D eigenvalue weighted by Crippen LogP contribution is 2.12. The molecule has 1 atom stereocenters. The van der Waals surface area contributed by atoms with Gasteiger partial charge in [0, 0.05) is 11.9 Å². The van der Waals surface area contributed by atoms with Crippen LogP contribution in [0.4, 0.5) is 5.69 Å². The van der Waals surface area contributed by atoms with E-state index in [1.54, 1.807) is 0 Å². The molecule has 0 spiro atoms. The lowest BCUT2D eigenvalue weighted by molar-refractivity contribution is -0.117. The molecule has 0 radical (unpaired) electrons. The maximum Gasteiger partial charge on any atom is 0.241 e. The zero-order valence-corrected chi connectivity index (χ0v) is 14.7. The van der Waals surface area contributed by atoms with Crippen molar-refractivity contribution >= 4 is 33.8 Å². The molecule has 7 heteroatoms. The van der Waals surface area contributed by atoms with Crippen LogP contribution in [0.1, 0.15) is 31.7 Å². The molecule has 1 amide bonds. The molecule has 0 bridgehead atoms. The van der Waals surface area contributed by atoms with Crippen molar-refractivity contribution < 1.29 is 13.2 Å². The molecule has 1 unspecified atom stereocenters. The molecule has 0 aliphatic heterocycles. The fourth-order valence-corrected chi connectivity index (χ4v) is 2.52. The summed E-state index contributed by atoms with van der Waals surface area (Å²) in [4.78, 5) is 11.9. The molecule has 5 nitrogen and oxygen atoms in total. The van der Waals surface area contributed by atoms with Gasteiger partial charge in [0.2, 0.25) is 5.91 Å². The summed E-state index contributed by atoms with van der Waals surface area (Å²) >= 11 is 0. The van der Waals surface area contributed by atoms with E-state index in [4.69, 9.17) is 5.73 Å². The van der Waals surface area contributed by atoms with E-state index in [2.05, 4.69) is 12.2 Å². The number of nitrogens with two attached hydrogens (primary N) is 1. The summed E-state index contributed by atoms with van der Waals surface area (Å²) < 4.78 is 22.1. The monoisotopic (exact) mass is 348 g/mol. The molecule has 0 heterocycles. The fraction of sp³-hybridized carbons (Fsp3) is 0.533. The predicted octanol–water partition coefficient (Wildman–Crippen LogP) is 2.15. The van der Waals surface area contributed by atoms with Gasteiger partial charge in [0.25, 0.3) is 0 Å². The van der Waals surface area contributed by atoms with Gasteiger partial charge in [-0.2, -0.15) is 0 Å². The van der Waals surface area contributed by atoms with Crippen LogP contribution in [-0.4, -0.2) is 32.4 Å². The van der Waals surface area contributed by atoms with Gasteiger partial charge >= 0.3 is 0 Å². The van der Waals surface area contributed by atoms with Crippen LogP contribution in [0.2, 0.25) is 0 Å². The number of anilines is 1. The number of unbranched alkanes of at least 4 members (excludes halogenated alkanes) is 1. The van der Waals surface area contributed by atoms with E-state index in [-0.39, 0.29) is 30.5 Å². The van der Waals surface area contributed by atoms with Crippen LogP contribution < -0.4 is 11.1 Å². The highest BCUT2D eigenvalue weighted by molar-refractivity contribution is 7.90. The fourth-order valence-electron chi connectivity index (χ4n) is 1.84. The number of rotatable bonds is 8. The summed E-state index contributed by atoms with van der Waals surface area (Å²) in [5.74, 6) is -0.447. The lowest BCUT2D eigenvalue weighted by atomic mass is 10.1. The Balaban J connectivity index is 0.00000441. The molecule has 0 aliphatic carbocycles. The molecule has 22 heavy (non-hydrogen) atoms. The van der Waals surface area contributed by atoms with E-state index in [0.717, 1.165) is 25.5 Å². The standard InChI is InChI=1S/C15H24N2O3S.ClH/c1-3-4-5-12-6-8-13(9-7-12)17-15(18)14(16)10-11-21(2,19)20;/h6-9,14H,3-5,10-11,16H2,1-2H3,(H,17,18);1H. The topological polar surface area (TPSA) is 89.3 Å². The number of hydrogen-bond acceptors (Lipinski definition) is 4. The van der Waals surface area contributed by atoms with Crippen molar-refractivity contribution in [3.05, 3.63) is 29.8 Å². The minimum absolute atomic E-state index is 0. The summed E-state index contributed by atoms with van der Waals surface area (Å²) in [7, 11) is -3.10. The number of amides is 1. The molecular formula is C15H25ClN2O3S. The third-order valence-electron chi connectivity index (χ3n) is 3.18. The molecule has 0 fully saturated rings. The normalized spacial score (nSPS) is 12.3. The molecule has 0 saturated carbocycles. The third kappa shape index (κ3) is 8.36. The van der Waals surface area contributed by atoms with E-state index < -0.39 is 15.9 Å². The smallest absolute Gasteiger partial charge is 0.241 e. The van der Waals surface area contributed by atoms with Crippen LogP contribution in [0, 0.1) is 0 Å². The van der Waals surface area contributed by atoms with E-state index >= 15 is 0 Å². The third-order valence-corrected chi connectivity index (χ3v) is 4.15. The minimum atomic E-state index is -3.10. The Morgan fingerprint density at radius 2 is 1.86 bits per heavy atom. The number of benzene rings is 1. The molecule has 1 aromatic rings. The molecule has 0 saturated heterocycles. The lowest BCUT2D eigenvalue weighted by Gasteiger charge is -2.12. The first-order valence-corrected chi connectivity index (χ1v) is 9.21. The van der Waals surface area contributed by atoms with E-state index in [0.29, 0.717) is 5.69 Å². The number of nitrogens with one attached hydrogen (secondary N) is 1. The SMILES string of the molecule is CCCCc1ccc(NC(=O)C(N)CCS(C)(=O)=O)cc1.Cl. The number of hydrogen-bond donors (Lipinski definition) is 2. The van der Waals surface area contributed by atoms with E-state index in [1.165, 1.54) is 5.56 Å². The summed E-state index contributed by atoms with van der Waals surface area (Å²) in [6.45, 7) is 2.15. The highest BCUT2D eigenvalue weighted by atomic mass is 35.5. The molecule has 126 valence electrons. The minimum Gasteiger partial charge on any atom is -0.325 e. The Bertz CT molecular complexity index is 559. The number of carbonyl (C=O) groups is 1. The Morgan fingerprint density at radius 3 is 2.36 bits per heavy atom. The number of aryl methyl sites for hydroxylation is 1. The first-order valence-electron chi connectivity index (χ1n) is 7.15. The van der Waals surface area contributed by atoms with Crippen molar-refractivity contribution in [2.75, 3.05) is 17.3 Å². The number of halogens is 1. The Hall–Kier alpha value is -1.11. The van der Waals surface area contributed by atoms with Gasteiger partial charge in [-0.25, -0.2) is 8.42 Å². The summed E-state index contributed by atoms with van der Waals surface area (Å²) in [6, 6.07) is 6.82. The van der Waals surface area contributed by atoms with Crippen LogP contribution in [0.15, 0.2) is 24.3 Å². The highest BCUT2D eigenvalue weighted by Gasteiger charge is 2.16. The average molecular weight is 349 g/mol. The van der Waals surface area contributed by atoms with Crippen LogP contribution in [0.25, 0.3) is 0 Å². The van der Waals surface area contributed by atoms with Gasteiger partial charge in [0.15, 0.2) is 0 Å². The van der Waals surface area contributed by atoms with Crippen molar-refractivity contribution in [1.29, 1.82) is 0 Å². The molecule has 0 aromatic heterocycles. The zero-order chi connectivity index (χ0) is 15.9. The Morgan fingerprint density at radius 1 is 1.27 bits per heavy atom. The van der Waals surface area contributed by atoms with Gasteiger partial charge in [-0.3, -0.25) is 4.79 Å². The van der Waals surface area contributed by atoms with Crippen molar-refractivity contribution in [3.63, 3.8) is 0 Å². The van der Waals surface area contributed by atoms with Gasteiger partial charge in [-0.1, -0.05) is 25.5 Å². The van der Waals surface area contributed by atoms with Gasteiger partial charge in [0.1, 0.15) is 9.84 Å². The summed E-state index contributed by atoms with van der Waals surface area (Å²) in [5, 5.41) is 2.70.